The third-order valence-electron chi connectivity index (χ3n) is 3.92. The van der Waals surface area contributed by atoms with Gasteiger partial charge in [0.25, 0.3) is 15.9 Å². The second-order valence-corrected chi connectivity index (χ2v) is 7.26. The van der Waals surface area contributed by atoms with Crippen molar-refractivity contribution in [1.82, 2.24) is 5.32 Å². The van der Waals surface area contributed by atoms with Gasteiger partial charge in [-0.3, -0.25) is 9.10 Å². The van der Waals surface area contributed by atoms with Crippen LogP contribution in [0.4, 0.5) is 5.69 Å². The predicted octanol–water partition coefficient (Wildman–Crippen LogP) is 1.40. The average molecular weight is 362 g/mol. The van der Waals surface area contributed by atoms with E-state index >= 15 is 0 Å². The first-order chi connectivity index (χ1) is 12.0. The Morgan fingerprint density at radius 1 is 1.20 bits per heavy atom. The molecule has 1 amide bonds. The summed E-state index contributed by atoms with van der Waals surface area (Å²) in [5, 5.41) is 2.49. The van der Waals surface area contributed by atoms with Crippen molar-refractivity contribution < 1.29 is 22.7 Å². The molecule has 0 saturated carbocycles. The Morgan fingerprint density at radius 2 is 1.88 bits per heavy atom. The van der Waals surface area contributed by atoms with Gasteiger partial charge in [-0.2, -0.15) is 0 Å². The van der Waals surface area contributed by atoms with Crippen LogP contribution < -0.4 is 19.1 Å². The SMILES string of the molecule is CNC(=O)[C@H]1CN(S(=O)(=O)c2ccc(OC)cc2)c2ccccc2O1. The second-order valence-electron chi connectivity index (χ2n) is 5.40. The van der Waals surface area contributed by atoms with Crippen LogP contribution >= 0.6 is 0 Å². The van der Waals surface area contributed by atoms with E-state index in [2.05, 4.69) is 5.32 Å². The minimum absolute atomic E-state index is 0.106. The van der Waals surface area contributed by atoms with E-state index in [1.54, 1.807) is 36.4 Å². The number of anilines is 1. The number of likely N-dealkylation sites (N-methyl/N-ethyl adjacent to an activating group) is 1. The zero-order chi connectivity index (χ0) is 18.0. The van der Waals surface area contributed by atoms with E-state index in [4.69, 9.17) is 9.47 Å². The van der Waals surface area contributed by atoms with Gasteiger partial charge in [0.05, 0.1) is 24.2 Å². The van der Waals surface area contributed by atoms with E-state index in [1.165, 1.54) is 30.6 Å². The van der Waals surface area contributed by atoms with Crippen LogP contribution in [-0.2, 0) is 14.8 Å². The van der Waals surface area contributed by atoms with E-state index in [1.807, 2.05) is 0 Å². The summed E-state index contributed by atoms with van der Waals surface area (Å²) in [5.74, 6) is 0.522. The van der Waals surface area contributed by atoms with E-state index in [9.17, 15) is 13.2 Å². The van der Waals surface area contributed by atoms with E-state index in [0.29, 0.717) is 17.2 Å². The molecule has 132 valence electrons. The molecule has 0 spiro atoms. The molecule has 2 aromatic carbocycles. The fraction of sp³-hybridized carbons (Fsp3) is 0.235. The van der Waals surface area contributed by atoms with Crippen LogP contribution in [0, 0.1) is 0 Å². The number of hydrogen-bond acceptors (Lipinski definition) is 5. The Hall–Kier alpha value is -2.74. The molecular formula is C17H18N2O5S. The maximum absolute atomic E-state index is 13.1. The van der Waals surface area contributed by atoms with Crippen molar-refractivity contribution in [3.05, 3.63) is 48.5 Å². The number of ether oxygens (including phenoxy) is 2. The molecule has 7 nitrogen and oxygen atoms in total. The van der Waals surface area contributed by atoms with Crippen LogP contribution in [0.15, 0.2) is 53.4 Å². The van der Waals surface area contributed by atoms with Crippen molar-refractivity contribution in [2.24, 2.45) is 0 Å². The van der Waals surface area contributed by atoms with Gasteiger partial charge in [0.15, 0.2) is 6.10 Å². The number of methoxy groups -OCH3 is 1. The highest BCUT2D eigenvalue weighted by atomic mass is 32.2. The Bertz CT molecular complexity index is 880. The van der Waals surface area contributed by atoms with Crippen LogP contribution in [0.5, 0.6) is 11.5 Å². The molecule has 1 N–H and O–H groups in total. The fourth-order valence-corrected chi connectivity index (χ4v) is 4.08. The fourth-order valence-electron chi connectivity index (χ4n) is 2.60. The number of carbonyl (C=O) groups is 1. The second kappa shape index (κ2) is 6.64. The lowest BCUT2D eigenvalue weighted by Crippen LogP contribution is -2.50. The summed E-state index contributed by atoms with van der Waals surface area (Å²) in [6.45, 7) is -0.106. The van der Waals surface area contributed by atoms with Crippen molar-refractivity contribution >= 4 is 21.6 Å². The first kappa shape index (κ1) is 17.1. The Kier molecular flexibility index (Phi) is 4.54. The summed E-state index contributed by atoms with van der Waals surface area (Å²) >= 11 is 0. The molecule has 3 rings (SSSR count). The van der Waals surface area contributed by atoms with Crippen molar-refractivity contribution in [1.29, 1.82) is 0 Å². The quantitative estimate of drug-likeness (QED) is 0.889. The molecule has 0 fully saturated rings. The van der Waals surface area contributed by atoms with Crippen LogP contribution in [0.1, 0.15) is 0 Å². The third kappa shape index (κ3) is 3.12. The highest BCUT2D eigenvalue weighted by molar-refractivity contribution is 7.92. The molecule has 1 atom stereocenters. The average Bonchev–Trinajstić information content (AvgIpc) is 2.66. The summed E-state index contributed by atoms with van der Waals surface area (Å²) in [7, 11) is -0.867. The molecule has 0 radical (unpaired) electrons. The van der Waals surface area contributed by atoms with Crippen molar-refractivity contribution in [3.63, 3.8) is 0 Å². The highest BCUT2D eigenvalue weighted by Crippen LogP contribution is 2.36. The normalized spacial score (nSPS) is 16.6. The number of amides is 1. The number of hydrogen-bond donors (Lipinski definition) is 1. The van der Waals surface area contributed by atoms with Gasteiger partial charge in [0.1, 0.15) is 11.5 Å². The zero-order valence-corrected chi connectivity index (χ0v) is 14.6. The van der Waals surface area contributed by atoms with Crippen LogP contribution in [0.25, 0.3) is 0 Å². The van der Waals surface area contributed by atoms with E-state index in [-0.39, 0.29) is 17.3 Å². The Labute approximate surface area is 146 Å². The standard InChI is InChI=1S/C17H18N2O5S/c1-18-17(20)16-11-19(14-5-3-4-6-15(14)24-16)25(21,22)13-9-7-12(23-2)8-10-13/h3-10,16H,11H2,1-2H3,(H,18,20)/t16-/m1/s1. The van der Waals surface area contributed by atoms with Gasteiger partial charge in [-0.05, 0) is 36.4 Å². The highest BCUT2D eigenvalue weighted by Gasteiger charge is 2.37. The number of carbonyl (C=O) groups excluding carboxylic acids is 1. The molecular weight excluding hydrogens is 344 g/mol. The summed E-state index contributed by atoms with van der Waals surface area (Å²) < 4.78 is 38.1. The first-order valence-corrected chi connectivity index (χ1v) is 9.05. The number of rotatable bonds is 4. The van der Waals surface area contributed by atoms with Crippen molar-refractivity contribution in [2.75, 3.05) is 25.0 Å². The zero-order valence-electron chi connectivity index (χ0n) is 13.8. The lowest BCUT2D eigenvalue weighted by atomic mass is 10.2. The lowest BCUT2D eigenvalue weighted by molar-refractivity contribution is -0.127. The molecule has 2 aromatic rings. The van der Waals surface area contributed by atoms with Crippen molar-refractivity contribution in [2.45, 2.75) is 11.0 Å². The van der Waals surface area contributed by atoms with Crippen molar-refractivity contribution in [3.8, 4) is 11.5 Å². The van der Waals surface area contributed by atoms with Gasteiger partial charge in [-0.15, -0.1) is 0 Å². The molecule has 8 heteroatoms. The maximum Gasteiger partial charge on any atom is 0.264 e. The summed E-state index contributed by atoms with van der Waals surface area (Å²) in [6.07, 6.45) is -0.923. The van der Waals surface area contributed by atoms with Gasteiger partial charge in [-0.25, -0.2) is 8.42 Å². The lowest BCUT2D eigenvalue weighted by Gasteiger charge is -2.34. The van der Waals surface area contributed by atoms with Crippen LogP contribution in [0.3, 0.4) is 0 Å². The summed E-state index contributed by atoms with van der Waals surface area (Å²) in [5.41, 5.74) is 0.401. The maximum atomic E-state index is 13.1. The van der Waals surface area contributed by atoms with Gasteiger partial charge in [0.2, 0.25) is 0 Å². The minimum Gasteiger partial charge on any atom is -0.497 e. The summed E-state index contributed by atoms with van der Waals surface area (Å²) in [6, 6.07) is 12.8. The Morgan fingerprint density at radius 3 is 2.52 bits per heavy atom. The molecule has 1 aliphatic heterocycles. The predicted molar refractivity (Wildman–Crippen MR) is 92.5 cm³/mol. The molecule has 1 heterocycles. The number of benzene rings is 2. The monoisotopic (exact) mass is 362 g/mol. The topological polar surface area (TPSA) is 84.9 Å². The van der Waals surface area contributed by atoms with Crippen LogP contribution in [-0.4, -0.2) is 41.1 Å². The van der Waals surface area contributed by atoms with Gasteiger partial charge in [-0.1, -0.05) is 12.1 Å². The molecule has 0 aliphatic carbocycles. The largest absolute Gasteiger partial charge is 0.497 e. The molecule has 0 aromatic heterocycles. The number of nitrogens with zero attached hydrogens (tertiary/aromatic N) is 1. The van der Waals surface area contributed by atoms with Gasteiger partial charge >= 0.3 is 0 Å². The molecule has 0 bridgehead atoms. The Balaban J connectivity index is 2.05. The van der Waals surface area contributed by atoms with Gasteiger partial charge in [0, 0.05) is 7.05 Å². The molecule has 0 unspecified atom stereocenters. The van der Waals surface area contributed by atoms with Gasteiger partial charge < -0.3 is 14.8 Å². The number of para-hydroxylation sites is 2. The number of nitrogens with one attached hydrogen (secondary N) is 1. The molecule has 0 saturated heterocycles. The van der Waals surface area contributed by atoms with Crippen LogP contribution in [0.2, 0.25) is 0 Å². The third-order valence-corrected chi connectivity index (χ3v) is 5.72. The summed E-state index contributed by atoms with van der Waals surface area (Å²) in [4.78, 5) is 12.1. The first-order valence-electron chi connectivity index (χ1n) is 7.61. The minimum atomic E-state index is -3.86. The molecule has 25 heavy (non-hydrogen) atoms. The smallest absolute Gasteiger partial charge is 0.264 e. The van der Waals surface area contributed by atoms with E-state index in [0.717, 1.165) is 0 Å². The molecule has 1 aliphatic rings. The van der Waals surface area contributed by atoms with E-state index < -0.39 is 16.1 Å². The number of sulfonamides is 1. The number of fused-ring (bicyclic) bond motifs is 1.